The Hall–Kier alpha value is -3.84. The van der Waals surface area contributed by atoms with E-state index < -0.39 is 127 Å². The van der Waals surface area contributed by atoms with E-state index in [0.717, 1.165) is 58.9 Å². The lowest BCUT2D eigenvalue weighted by Crippen LogP contribution is -2.57. The van der Waals surface area contributed by atoms with Crippen molar-refractivity contribution < 1.29 is 137 Å². The van der Waals surface area contributed by atoms with Crippen molar-refractivity contribution in [1.29, 1.82) is 0 Å². The molecule has 47 heteroatoms. The van der Waals surface area contributed by atoms with E-state index in [-0.39, 0.29) is 52.0 Å². The topological polar surface area (TPSA) is 404 Å². The molecule has 0 aliphatic carbocycles. The van der Waals surface area contributed by atoms with Crippen molar-refractivity contribution in [2.45, 2.75) is 112 Å². The van der Waals surface area contributed by atoms with E-state index in [1.807, 2.05) is 0 Å². The lowest BCUT2D eigenvalue weighted by molar-refractivity contribution is -0.157. The number of unbranched alkanes of at least 4 members (excludes halogenated alkanes) is 1. The Balaban J connectivity index is 0.827. The highest BCUT2D eigenvalue weighted by Crippen LogP contribution is 2.30. The minimum absolute atomic E-state index is 0.0167. The molecule has 18 aliphatic rings. The Bertz CT molecular complexity index is 2630. The summed E-state index contributed by atoms with van der Waals surface area (Å²) in [5.74, 6) is -0.752. The number of nitrogens with one attached hydrogen (secondary N) is 5. The number of fused-ring (bicyclic) bond motifs is 36. The summed E-state index contributed by atoms with van der Waals surface area (Å²) < 4.78 is 151. The van der Waals surface area contributed by atoms with Crippen LogP contribution in [0.25, 0.3) is 0 Å². The quantitative estimate of drug-likeness (QED) is 0.0232. The molecule has 0 radical (unpaired) electrons. The van der Waals surface area contributed by atoms with Gasteiger partial charge in [-0.1, -0.05) is 0 Å². The van der Waals surface area contributed by atoms with Gasteiger partial charge in [0.2, 0.25) is 0 Å². The van der Waals surface area contributed by atoms with E-state index in [2.05, 4.69) is 56.0 Å². The number of carbonyl (C=O) groups is 6. The van der Waals surface area contributed by atoms with Gasteiger partial charge in [0.05, 0.1) is 119 Å². The summed E-state index contributed by atoms with van der Waals surface area (Å²) in [6, 6.07) is 2.11. The van der Waals surface area contributed by atoms with E-state index >= 15 is 9.59 Å². The number of esters is 1. The fourth-order valence-corrected chi connectivity index (χ4v) is 30.4. The molecule has 41 nitrogen and oxygen atoms in total. The van der Waals surface area contributed by atoms with Crippen molar-refractivity contribution in [3.05, 3.63) is 0 Å². The highest BCUT2D eigenvalue weighted by molar-refractivity contribution is 6.62. The number of hydrogen-bond acceptors (Lipinski definition) is 36. The summed E-state index contributed by atoms with van der Waals surface area (Å²) in [4.78, 5) is 101. The molecule has 0 aromatic carbocycles. The molecule has 18 saturated heterocycles. The molecule has 18 heterocycles. The average Bonchev–Trinajstić information content (AvgIpc) is 0.844. The third-order valence-electron chi connectivity index (χ3n) is 21.7. The molecule has 0 saturated carbocycles. The second kappa shape index (κ2) is 46.3. The summed E-state index contributed by atoms with van der Waals surface area (Å²) >= 11 is 0. The molecule has 18 rings (SSSR count). The zero-order valence-corrected chi connectivity index (χ0v) is 72.0. The van der Waals surface area contributed by atoms with Gasteiger partial charge in [-0.15, -0.1) is 0 Å². The number of rotatable bonds is 36. The summed E-state index contributed by atoms with van der Waals surface area (Å²) in [6.07, 6.45) is -11.5. The van der Waals surface area contributed by atoms with Gasteiger partial charge < -0.3 is 135 Å². The van der Waals surface area contributed by atoms with Gasteiger partial charge in [0.15, 0.2) is 24.4 Å². The van der Waals surface area contributed by atoms with Crippen LogP contribution in [0.1, 0.15) is 51.4 Å². The standard InChI is InChI=1S/C67H123N11O30Si6/c79-60(8-1-2-50-109-87-32-14-73(15-33-88-109)16-34-89-109)85-56-58(105-64(81)69-10-4-52-111-93-38-20-75(21-39-94-111)22-40-95-111)61(107-66(83)71-12-6-54-113-99-44-26-77(27-45-100-113)28-46-101-113)62(108-67(84)72-13-7-55-114-102-47-29-78(30-48-103-114)31-49-104-114)59(106-65(82)70-11-5-53-112-96-41-23-76(24-42-97-112)25-43-98-112)57-86-63(80)68-9-3-51-110-90-35-17-74(18-36-91-110)19-37-92-110/h58-59,61-62H,1-57H2,(H,68,80)(H,69,81)(H,70,82)(H,71,83)(H,72,84). The first-order valence-corrected chi connectivity index (χ1v) is 52.9. The van der Waals surface area contributed by atoms with E-state index in [1.165, 1.54) is 0 Å². The first kappa shape index (κ1) is 89.4. The predicted octanol–water partition coefficient (Wildman–Crippen LogP) is -0.337. The first-order chi connectivity index (χ1) is 55.6. The van der Waals surface area contributed by atoms with Gasteiger partial charge in [0, 0.05) is 193 Å². The zero-order valence-electron chi connectivity index (χ0n) is 66.0. The van der Waals surface area contributed by atoms with Gasteiger partial charge in [0.1, 0.15) is 13.2 Å². The van der Waals surface area contributed by atoms with Crippen LogP contribution < -0.4 is 26.6 Å². The summed E-state index contributed by atoms with van der Waals surface area (Å²) in [7, 11) is -19.1. The monoisotopic (exact) mass is 1730 g/mol. The van der Waals surface area contributed by atoms with Crippen molar-refractivity contribution in [2.24, 2.45) is 0 Å². The fourth-order valence-electron chi connectivity index (χ4n) is 15.3. The van der Waals surface area contributed by atoms with Crippen molar-refractivity contribution in [1.82, 2.24) is 56.0 Å². The maximum Gasteiger partial charge on any atom is 0.501 e. The molecule has 18 fully saturated rings. The van der Waals surface area contributed by atoms with E-state index in [9.17, 15) is 19.2 Å². The minimum atomic E-state index is -3.23. The average molecular weight is 1730 g/mol. The first-order valence-electron chi connectivity index (χ1n) is 41.3. The molecule has 4 unspecified atom stereocenters. The number of alkyl carbamates (subject to hydrolysis) is 5. The Morgan fingerprint density at radius 3 is 0.667 bits per heavy atom. The molecule has 18 aliphatic heterocycles. The van der Waals surface area contributed by atoms with Gasteiger partial charge in [-0.05, 0) is 44.9 Å². The second-order valence-electron chi connectivity index (χ2n) is 29.7. The van der Waals surface area contributed by atoms with Crippen molar-refractivity contribution in [3.63, 3.8) is 0 Å². The van der Waals surface area contributed by atoms with Gasteiger partial charge in [0.25, 0.3) is 0 Å². The van der Waals surface area contributed by atoms with Crippen LogP contribution in [0.2, 0.25) is 36.3 Å². The summed E-state index contributed by atoms with van der Waals surface area (Å²) in [5, 5.41) is 13.9. The van der Waals surface area contributed by atoms with Crippen LogP contribution in [-0.2, 0) is 113 Å². The second-order valence-corrected chi connectivity index (χ2v) is 46.1. The van der Waals surface area contributed by atoms with Crippen molar-refractivity contribution in [3.8, 4) is 0 Å². The third kappa shape index (κ3) is 28.7. The molecule has 0 spiro atoms. The Morgan fingerprint density at radius 2 is 0.439 bits per heavy atom. The maximum atomic E-state index is 15.0. The van der Waals surface area contributed by atoms with Crippen molar-refractivity contribution in [2.75, 3.05) is 283 Å². The smallest absolute Gasteiger partial charge is 0.462 e. The van der Waals surface area contributed by atoms with E-state index in [0.29, 0.717) is 246 Å². The lowest BCUT2D eigenvalue weighted by atomic mass is 10.0. The summed E-state index contributed by atoms with van der Waals surface area (Å²) in [6.45, 7) is 18.5. The number of amides is 5. The number of carbonyl (C=O) groups excluding carboxylic acids is 6. The molecule has 5 N–H and O–H groups in total. The minimum Gasteiger partial charge on any atom is -0.462 e. The predicted molar refractivity (Wildman–Crippen MR) is 409 cm³/mol. The Morgan fingerprint density at radius 1 is 0.246 bits per heavy atom. The molecule has 0 aromatic rings. The van der Waals surface area contributed by atoms with Gasteiger partial charge in [-0.2, -0.15) is 0 Å². The largest absolute Gasteiger partial charge is 0.501 e. The van der Waals surface area contributed by atoms with Crippen molar-refractivity contribution >= 4 is 89.3 Å². The summed E-state index contributed by atoms with van der Waals surface area (Å²) in [5.41, 5.74) is 0. The molecule has 650 valence electrons. The fraction of sp³-hybridized carbons (Fsp3) is 0.910. The molecular formula is C67H123N11O30Si6. The zero-order chi connectivity index (χ0) is 79.0. The molecule has 12 bridgehead atoms. The number of hydrogen-bond donors (Lipinski definition) is 5. The Labute approximate surface area is 673 Å². The SMILES string of the molecule is O=C(CCCC[Si]12OCCN(CCO1)CCO2)OCC(OC(=O)NCCC[Si]12OCCN(CCO1)CCO2)C(OC(=O)NCCC[Si]12OCCN(CCO1)CCO2)C(OC(=O)NCCC[Si]12OCCN(CCO1)CCO2)C(COC(=O)NCCC[Si]12OCCN(CCO1)CCO2)OC(=O)NCCC[Si]12OCCN(CCO1)CCO2. The van der Waals surface area contributed by atoms with Crippen LogP contribution in [0.15, 0.2) is 0 Å². The van der Waals surface area contributed by atoms with Crippen LogP contribution in [0, 0.1) is 0 Å². The Kier molecular flexibility index (Phi) is 36.3. The van der Waals surface area contributed by atoms with Crippen LogP contribution in [0.3, 0.4) is 0 Å². The van der Waals surface area contributed by atoms with Crippen LogP contribution >= 0.6 is 0 Å². The van der Waals surface area contributed by atoms with E-state index in [4.69, 9.17) is 108 Å². The van der Waals surface area contributed by atoms with Gasteiger partial charge >= 0.3 is 89.3 Å². The normalized spacial score (nSPS) is 33.1. The molecular weight excluding hydrogens is 1610 g/mol. The van der Waals surface area contributed by atoms with Crippen LogP contribution in [0.5, 0.6) is 0 Å². The number of nitrogens with zero attached hydrogens (tertiary/aromatic N) is 6. The van der Waals surface area contributed by atoms with Crippen LogP contribution in [-0.4, -0.2) is 426 Å². The molecule has 5 amide bonds. The van der Waals surface area contributed by atoms with Crippen LogP contribution in [0.4, 0.5) is 24.0 Å². The van der Waals surface area contributed by atoms with Gasteiger partial charge in [-0.25, -0.2) is 24.0 Å². The molecule has 0 aromatic heterocycles. The van der Waals surface area contributed by atoms with E-state index in [1.54, 1.807) is 0 Å². The van der Waals surface area contributed by atoms with Gasteiger partial charge in [-0.3, -0.25) is 34.2 Å². The maximum absolute atomic E-state index is 15.0. The third-order valence-corrected chi connectivity index (χ3v) is 39.1. The lowest BCUT2D eigenvalue weighted by Gasteiger charge is -2.38. The highest BCUT2D eigenvalue weighted by atomic mass is 28.4. The number of ether oxygens (including phenoxy) is 6. The molecule has 114 heavy (non-hydrogen) atoms. The highest BCUT2D eigenvalue weighted by Gasteiger charge is 2.51. The molecule has 4 atom stereocenters.